The molecule has 21 heavy (non-hydrogen) atoms. The Hall–Kier alpha value is -2.06. The molecule has 0 saturated carbocycles. The zero-order valence-corrected chi connectivity index (χ0v) is 12.5. The smallest absolute Gasteiger partial charge is 0.217 e. The van der Waals surface area contributed by atoms with Crippen molar-refractivity contribution in [3.8, 4) is 5.75 Å². The second-order valence-corrected chi connectivity index (χ2v) is 6.76. The number of hydrogen-bond acceptors (Lipinski definition) is 5. The molecule has 0 aliphatic carbocycles. The molecule has 0 radical (unpaired) electrons. The second kappa shape index (κ2) is 6.59. The summed E-state index contributed by atoms with van der Waals surface area (Å²) in [5.41, 5.74) is 7.01. The zero-order chi connectivity index (χ0) is 15.3. The fourth-order valence-corrected chi connectivity index (χ4v) is 2.70. The molecule has 3 N–H and O–H groups in total. The predicted octanol–water partition coefficient (Wildman–Crippen LogP) is 0.832. The van der Waals surface area contributed by atoms with Crippen LogP contribution in [0.1, 0.15) is 5.56 Å². The van der Waals surface area contributed by atoms with Crippen LogP contribution < -0.4 is 10.5 Å². The number of nitrogens with one attached hydrogen (secondary N) is 1. The standard InChI is InChI=1S/C13H18N4O3S/c1-17(10-11-8-15-16-9-11)21(18,19)7-6-20-13-5-3-2-4-12(13)14/h2-5,8-9H,6-7,10,14H2,1H3,(H,15,16). The van der Waals surface area contributed by atoms with E-state index in [2.05, 4.69) is 10.2 Å². The summed E-state index contributed by atoms with van der Waals surface area (Å²) in [6.07, 6.45) is 3.25. The topological polar surface area (TPSA) is 101 Å². The molecule has 0 atom stereocenters. The van der Waals surface area contributed by atoms with Gasteiger partial charge in [-0.1, -0.05) is 12.1 Å². The van der Waals surface area contributed by atoms with Gasteiger partial charge in [0.25, 0.3) is 0 Å². The van der Waals surface area contributed by atoms with Gasteiger partial charge in [0.15, 0.2) is 0 Å². The van der Waals surface area contributed by atoms with Crippen molar-refractivity contribution >= 4 is 15.7 Å². The Bertz CT molecular complexity index is 670. The summed E-state index contributed by atoms with van der Waals surface area (Å²) in [6.45, 7) is 0.318. The maximum Gasteiger partial charge on any atom is 0.217 e. The Morgan fingerprint density at radius 3 is 2.81 bits per heavy atom. The van der Waals surface area contributed by atoms with Gasteiger partial charge in [0, 0.05) is 25.4 Å². The van der Waals surface area contributed by atoms with E-state index in [1.165, 1.54) is 11.4 Å². The molecular formula is C13H18N4O3S. The quantitative estimate of drug-likeness (QED) is 0.738. The fourth-order valence-electron chi connectivity index (χ4n) is 1.74. The number of hydrogen-bond donors (Lipinski definition) is 2. The lowest BCUT2D eigenvalue weighted by Gasteiger charge is -2.16. The van der Waals surface area contributed by atoms with Crippen molar-refractivity contribution in [3.05, 3.63) is 42.2 Å². The van der Waals surface area contributed by atoms with Crippen molar-refractivity contribution in [2.24, 2.45) is 0 Å². The molecule has 2 aromatic rings. The lowest BCUT2D eigenvalue weighted by Crippen LogP contribution is -2.31. The van der Waals surface area contributed by atoms with E-state index in [1.807, 2.05) is 0 Å². The highest BCUT2D eigenvalue weighted by molar-refractivity contribution is 7.89. The van der Waals surface area contributed by atoms with Gasteiger partial charge in [0.2, 0.25) is 10.0 Å². The highest BCUT2D eigenvalue weighted by Crippen LogP contribution is 2.19. The van der Waals surface area contributed by atoms with Gasteiger partial charge in [-0.25, -0.2) is 12.7 Å². The molecule has 1 aromatic carbocycles. The van der Waals surface area contributed by atoms with Gasteiger partial charge >= 0.3 is 0 Å². The minimum absolute atomic E-state index is 0.0479. The number of nitrogen functional groups attached to an aromatic ring is 1. The Labute approximate surface area is 123 Å². The van der Waals surface area contributed by atoms with Crippen molar-refractivity contribution in [2.75, 3.05) is 25.1 Å². The summed E-state index contributed by atoms with van der Waals surface area (Å²) >= 11 is 0. The van der Waals surface area contributed by atoms with Crippen molar-refractivity contribution in [2.45, 2.75) is 6.54 Å². The number of H-pyrrole nitrogens is 1. The molecule has 0 amide bonds. The minimum atomic E-state index is -3.39. The average molecular weight is 310 g/mol. The minimum Gasteiger partial charge on any atom is -0.490 e. The third-order valence-electron chi connectivity index (χ3n) is 2.95. The molecule has 0 fully saturated rings. The van der Waals surface area contributed by atoms with Crippen LogP contribution in [0.4, 0.5) is 5.69 Å². The van der Waals surface area contributed by atoms with Crippen molar-refractivity contribution in [1.29, 1.82) is 0 Å². The summed E-state index contributed by atoms with van der Waals surface area (Å²) in [6, 6.07) is 6.98. The van der Waals surface area contributed by atoms with Gasteiger partial charge in [-0.3, -0.25) is 5.10 Å². The number of anilines is 1. The molecular weight excluding hydrogens is 292 g/mol. The number of para-hydroxylation sites is 2. The third kappa shape index (κ3) is 4.20. The highest BCUT2D eigenvalue weighted by Gasteiger charge is 2.18. The third-order valence-corrected chi connectivity index (χ3v) is 4.71. The van der Waals surface area contributed by atoms with E-state index in [0.717, 1.165) is 5.56 Å². The summed E-state index contributed by atoms with van der Waals surface area (Å²) < 4.78 is 30.9. The summed E-state index contributed by atoms with van der Waals surface area (Å²) in [5.74, 6) is 0.376. The van der Waals surface area contributed by atoms with Crippen LogP contribution in [0.15, 0.2) is 36.7 Å². The Kier molecular flexibility index (Phi) is 4.81. The van der Waals surface area contributed by atoms with E-state index in [4.69, 9.17) is 10.5 Å². The summed E-state index contributed by atoms with van der Waals surface area (Å²) in [7, 11) is -1.87. The number of nitrogens with two attached hydrogens (primary N) is 1. The van der Waals surface area contributed by atoms with Gasteiger partial charge in [-0.15, -0.1) is 0 Å². The molecule has 0 spiro atoms. The first-order chi connectivity index (χ1) is 9.99. The predicted molar refractivity (Wildman–Crippen MR) is 80.2 cm³/mol. The van der Waals surface area contributed by atoms with E-state index in [-0.39, 0.29) is 18.9 Å². The van der Waals surface area contributed by atoms with Gasteiger partial charge < -0.3 is 10.5 Å². The second-order valence-electron chi connectivity index (χ2n) is 4.56. The van der Waals surface area contributed by atoms with Gasteiger partial charge in [-0.2, -0.15) is 5.10 Å². The number of nitrogens with zero attached hydrogens (tertiary/aromatic N) is 2. The van der Waals surface area contributed by atoms with Crippen LogP contribution in [0, 0.1) is 0 Å². The van der Waals surface area contributed by atoms with Crippen LogP contribution in [0.2, 0.25) is 0 Å². The number of aromatic amines is 1. The molecule has 2 rings (SSSR count). The molecule has 7 nitrogen and oxygen atoms in total. The number of sulfonamides is 1. The van der Waals surface area contributed by atoms with E-state index >= 15 is 0 Å². The van der Waals surface area contributed by atoms with Crippen molar-refractivity contribution in [1.82, 2.24) is 14.5 Å². The summed E-state index contributed by atoms with van der Waals surface area (Å²) in [5, 5.41) is 6.43. The normalized spacial score (nSPS) is 11.7. The van der Waals surface area contributed by atoms with E-state index in [0.29, 0.717) is 11.4 Å². The van der Waals surface area contributed by atoms with Crippen LogP contribution >= 0.6 is 0 Å². The first-order valence-electron chi connectivity index (χ1n) is 6.38. The average Bonchev–Trinajstić information content (AvgIpc) is 2.93. The molecule has 8 heteroatoms. The first-order valence-corrected chi connectivity index (χ1v) is 7.99. The van der Waals surface area contributed by atoms with Crippen LogP contribution in [-0.2, 0) is 16.6 Å². The molecule has 0 saturated heterocycles. The molecule has 1 heterocycles. The largest absolute Gasteiger partial charge is 0.490 e. The first kappa shape index (κ1) is 15.3. The molecule has 0 aliphatic heterocycles. The lowest BCUT2D eigenvalue weighted by atomic mass is 10.3. The van der Waals surface area contributed by atoms with Crippen molar-refractivity contribution < 1.29 is 13.2 Å². The van der Waals surface area contributed by atoms with E-state index in [1.54, 1.807) is 36.7 Å². The van der Waals surface area contributed by atoms with E-state index < -0.39 is 10.0 Å². The lowest BCUT2D eigenvalue weighted by molar-refractivity contribution is 0.338. The fraction of sp³-hybridized carbons (Fsp3) is 0.308. The molecule has 114 valence electrons. The SMILES string of the molecule is CN(Cc1cn[nH]c1)S(=O)(=O)CCOc1ccccc1N. The van der Waals surface area contributed by atoms with Gasteiger partial charge in [-0.05, 0) is 12.1 Å². The zero-order valence-electron chi connectivity index (χ0n) is 11.7. The number of ether oxygens (including phenoxy) is 1. The Morgan fingerprint density at radius 2 is 2.14 bits per heavy atom. The molecule has 0 unspecified atom stereocenters. The highest BCUT2D eigenvalue weighted by atomic mass is 32.2. The number of rotatable bonds is 7. The Morgan fingerprint density at radius 1 is 1.38 bits per heavy atom. The van der Waals surface area contributed by atoms with E-state index in [9.17, 15) is 8.42 Å². The van der Waals surface area contributed by atoms with Gasteiger partial charge in [0.05, 0.1) is 17.6 Å². The van der Waals surface area contributed by atoms with Crippen molar-refractivity contribution in [3.63, 3.8) is 0 Å². The Balaban J connectivity index is 1.88. The number of aromatic nitrogens is 2. The molecule has 0 aliphatic rings. The molecule has 1 aromatic heterocycles. The maximum atomic E-state index is 12.1. The number of benzene rings is 1. The molecule has 0 bridgehead atoms. The van der Waals surface area contributed by atoms with Crippen LogP contribution in [0.3, 0.4) is 0 Å². The van der Waals surface area contributed by atoms with Crippen LogP contribution in [0.25, 0.3) is 0 Å². The monoisotopic (exact) mass is 310 g/mol. The van der Waals surface area contributed by atoms with Crippen LogP contribution in [-0.4, -0.2) is 42.3 Å². The maximum absolute atomic E-state index is 12.1. The van der Waals surface area contributed by atoms with Crippen LogP contribution in [0.5, 0.6) is 5.75 Å². The summed E-state index contributed by atoms with van der Waals surface area (Å²) in [4.78, 5) is 0. The van der Waals surface area contributed by atoms with Gasteiger partial charge in [0.1, 0.15) is 12.4 Å².